The van der Waals surface area contributed by atoms with E-state index in [0.717, 1.165) is 12.0 Å². The second-order valence-electron chi connectivity index (χ2n) is 4.58. The molecule has 0 radical (unpaired) electrons. The highest BCUT2D eigenvalue weighted by Gasteiger charge is 2.15. The van der Waals surface area contributed by atoms with Crippen molar-refractivity contribution in [1.82, 2.24) is 0 Å². The normalized spacial score (nSPS) is 12.4. The molecule has 0 saturated heterocycles. The molecule has 0 heterocycles. The third-order valence-electron chi connectivity index (χ3n) is 3.11. The van der Waals surface area contributed by atoms with Crippen LogP contribution < -0.4 is 9.88 Å². The fraction of sp³-hybridized carbons (Fsp3) is 0.467. The Kier molecular flexibility index (Phi) is 6.05. The maximum atomic E-state index is 11.4. The van der Waals surface area contributed by atoms with Gasteiger partial charge in [-0.3, -0.25) is 0 Å². The lowest BCUT2D eigenvalue weighted by Crippen LogP contribution is -2.13. The number of ether oxygens (including phenoxy) is 1. The summed E-state index contributed by atoms with van der Waals surface area (Å²) in [6, 6.07) is 4.74. The zero-order valence-corrected chi connectivity index (χ0v) is 13.0. The molecule has 4 nitrogen and oxygen atoms in total. The van der Waals surface area contributed by atoms with Crippen LogP contribution in [-0.2, 0) is 10.0 Å². The van der Waals surface area contributed by atoms with Gasteiger partial charge in [0, 0.05) is 6.42 Å². The molecule has 2 N–H and O–H groups in total. The Morgan fingerprint density at radius 3 is 2.65 bits per heavy atom. The SMILES string of the molecule is CC#CCCOc1ccc(S(N)(=O)=O)cc1C(C)CC. The molecule has 1 atom stereocenters. The maximum absolute atomic E-state index is 11.4. The number of hydrogen-bond donors (Lipinski definition) is 1. The van der Waals surface area contributed by atoms with E-state index in [1.807, 2.05) is 13.8 Å². The topological polar surface area (TPSA) is 69.4 Å². The summed E-state index contributed by atoms with van der Waals surface area (Å²) >= 11 is 0. The molecule has 20 heavy (non-hydrogen) atoms. The Hall–Kier alpha value is -1.51. The monoisotopic (exact) mass is 295 g/mol. The summed E-state index contributed by atoms with van der Waals surface area (Å²) in [5, 5.41) is 5.17. The van der Waals surface area contributed by atoms with Gasteiger partial charge in [-0.2, -0.15) is 0 Å². The molecule has 1 unspecified atom stereocenters. The highest BCUT2D eigenvalue weighted by molar-refractivity contribution is 7.89. The van der Waals surface area contributed by atoms with Crippen LogP contribution in [0.1, 0.15) is 45.1 Å². The van der Waals surface area contributed by atoms with Gasteiger partial charge in [-0.05, 0) is 43.0 Å². The molecule has 0 aliphatic heterocycles. The summed E-state index contributed by atoms with van der Waals surface area (Å²) in [5.41, 5.74) is 0.864. The molecule has 1 aromatic carbocycles. The molecule has 0 saturated carbocycles. The van der Waals surface area contributed by atoms with Crippen LogP contribution in [0.3, 0.4) is 0 Å². The Labute approximate surface area is 121 Å². The number of nitrogens with two attached hydrogens (primary N) is 1. The van der Waals surface area contributed by atoms with Crippen LogP contribution >= 0.6 is 0 Å². The molecule has 0 aromatic heterocycles. The molecule has 5 heteroatoms. The molecular formula is C15H21NO3S. The van der Waals surface area contributed by atoms with E-state index in [4.69, 9.17) is 9.88 Å². The minimum atomic E-state index is -3.69. The van der Waals surface area contributed by atoms with E-state index in [9.17, 15) is 8.42 Å². The van der Waals surface area contributed by atoms with E-state index in [2.05, 4.69) is 11.8 Å². The van der Waals surface area contributed by atoms with Gasteiger partial charge in [-0.25, -0.2) is 13.6 Å². The quantitative estimate of drug-likeness (QED) is 0.648. The molecule has 1 aromatic rings. The van der Waals surface area contributed by atoms with Crippen LogP contribution in [0.5, 0.6) is 5.75 Å². The van der Waals surface area contributed by atoms with E-state index in [1.54, 1.807) is 19.1 Å². The van der Waals surface area contributed by atoms with E-state index in [1.165, 1.54) is 6.07 Å². The molecule has 0 bridgehead atoms. The van der Waals surface area contributed by atoms with Crippen LogP contribution in [0.2, 0.25) is 0 Å². The first-order valence-electron chi connectivity index (χ1n) is 6.59. The molecule has 0 aliphatic carbocycles. The number of hydrogen-bond acceptors (Lipinski definition) is 3. The summed E-state index contributed by atoms with van der Waals surface area (Å²) in [6.07, 6.45) is 1.53. The second-order valence-corrected chi connectivity index (χ2v) is 6.14. The van der Waals surface area contributed by atoms with Crippen molar-refractivity contribution in [3.8, 4) is 17.6 Å². The Morgan fingerprint density at radius 2 is 2.10 bits per heavy atom. The van der Waals surface area contributed by atoms with E-state index >= 15 is 0 Å². The first-order chi connectivity index (χ1) is 9.40. The summed E-state index contributed by atoms with van der Waals surface area (Å²) in [7, 11) is -3.69. The van der Waals surface area contributed by atoms with Gasteiger partial charge < -0.3 is 4.74 Å². The molecular weight excluding hydrogens is 274 g/mol. The summed E-state index contributed by atoms with van der Waals surface area (Å²) in [6.45, 7) is 6.34. The van der Waals surface area contributed by atoms with Crippen molar-refractivity contribution in [1.29, 1.82) is 0 Å². The van der Waals surface area contributed by atoms with Gasteiger partial charge in [-0.1, -0.05) is 13.8 Å². The van der Waals surface area contributed by atoms with Crippen LogP contribution in [0.25, 0.3) is 0 Å². The number of benzene rings is 1. The standard InChI is InChI=1S/C15H21NO3S/c1-4-6-7-10-19-15-9-8-13(20(16,17)18)11-14(15)12(3)5-2/h8-9,11-12H,5,7,10H2,1-3H3,(H2,16,17,18). The maximum Gasteiger partial charge on any atom is 0.238 e. The number of sulfonamides is 1. The van der Waals surface area contributed by atoms with Crippen LogP contribution in [0.4, 0.5) is 0 Å². The minimum absolute atomic E-state index is 0.119. The van der Waals surface area contributed by atoms with Crippen molar-refractivity contribution in [2.45, 2.75) is 44.4 Å². The van der Waals surface area contributed by atoms with Gasteiger partial charge in [0.1, 0.15) is 5.75 Å². The zero-order valence-electron chi connectivity index (χ0n) is 12.1. The van der Waals surface area contributed by atoms with Crippen molar-refractivity contribution < 1.29 is 13.2 Å². The predicted octanol–water partition coefficient (Wildman–Crippen LogP) is 2.64. The molecule has 0 amide bonds. The molecule has 0 fully saturated rings. The summed E-state index contributed by atoms with van der Waals surface area (Å²) in [4.78, 5) is 0.119. The fourth-order valence-corrected chi connectivity index (χ4v) is 2.33. The van der Waals surface area contributed by atoms with Gasteiger partial charge in [0.2, 0.25) is 10.0 Å². The van der Waals surface area contributed by atoms with Gasteiger partial charge >= 0.3 is 0 Å². The Morgan fingerprint density at radius 1 is 1.40 bits per heavy atom. The largest absolute Gasteiger partial charge is 0.492 e. The smallest absolute Gasteiger partial charge is 0.238 e. The highest BCUT2D eigenvalue weighted by Crippen LogP contribution is 2.31. The number of rotatable bonds is 6. The Balaban J connectivity index is 3.06. The molecule has 0 spiro atoms. The van der Waals surface area contributed by atoms with Gasteiger partial charge in [-0.15, -0.1) is 11.8 Å². The lowest BCUT2D eigenvalue weighted by Gasteiger charge is -2.16. The molecule has 0 aliphatic rings. The van der Waals surface area contributed by atoms with Gasteiger partial charge in [0.25, 0.3) is 0 Å². The predicted molar refractivity (Wildman–Crippen MR) is 80.1 cm³/mol. The third-order valence-corrected chi connectivity index (χ3v) is 4.03. The minimum Gasteiger partial charge on any atom is -0.492 e. The van der Waals surface area contributed by atoms with E-state index < -0.39 is 10.0 Å². The van der Waals surface area contributed by atoms with Crippen LogP contribution in [-0.4, -0.2) is 15.0 Å². The van der Waals surface area contributed by atoms with E-state index in [-0.39, 0.29) is 10.8 Å². The number of primary sulfonamides is 1. The lowest BCUT2D eigenvalue weighted by atomic mass is 9.98. The summed E-state index contributed by atoms with van der Waals surface area (Å²) in [5.74, 6) is 6.63. The van der Waals surface area contributed by atoms with Crippen LogP contribution in [0.15, 0.2) is 23.1 Å². The fourth-order valence-electron chi connectivity index (χ4n) is 1.78. The highest BCUT2D eigenvalue weighted by atomic mass is 32.2. The summed E-state index contributed by atoms with van der Waals surface area (Å²) < 4.78 is 28.5. The lowest BCUT2D eigenvalue weighted by molar-refractivity contribution is 0.321. The van der Waals surface area contributed by atoms with Crippen LogP contribution in [0, 0.1) is 11.8 Å². The van der Waals surface area contributed by atoms with Crippen molar-refractivity contribution in [3.63, 3.8) is 0 Å². The van der Waals surface area contributed by atoms with E-state index in [0.29, 0.717) is 18.8 Å². The molecule has 1 rings (SSSR count). The van der Waals surface area contributed by atoms with Crippen molar-refractivity contribution in [2.75, 3.05) is 6.61 Å². The first kappa shape index (κ1) is 16.5. The first-order valence-corrected chi connectivity index (χ1v) is 8.14. The average molecular weight is 295 g/mol. The average Bonchev–Trinajstić information content (AvgIpc) is 2.41. The van der Waals surface area contributed by atoms with Gasteiger partial charge in [0.15, 0.2) is 0 Å². The van der Waals surface area contributed by atoms with Crippen molar-refractivity contribution in [2.24, 2.45) is 5.14 Å². The second kappa shape index (κ2) is 7.32. The zero-order chi connectivity index (χ0) is 15.2. The Bertz CT molecular complexity index is 612. The van der Waals surface area contributed by atoms with Crippen molar-refractivity contribution >= 4 is 10.0 Å². The van der Waals surface area contributed by atoms with Gasteiger partial charge in [0.05, 0.1) is 11.5 Å². The molecule has 110 valence electrons. The third kappa shape index (κ3) is 4.55. The van der Waals surface area contributed by atoms with Crippen molar-refractivity contribution in [3.05, 3.63) is 23.8 Å².